The minimum Gasteiger partial charge on any atom is -0.464 e. The van der Waals surface area contributed by atoms with Crippen molar-refractivity contribution in [1.82, 2.24) is 19.6 Å². The highest BCUT2D eigenvalue weighted by Crippen LogP contribution is 2.44. The third-order valence-corrected chi connectivity index (χ3v) is 6.38. The van der Waals surface area contributed by atoms with Crippen LogP contribution in [0.15, 0.2) is 41.0 Å². The molecule has 0 fully saturated rings. The zero-order valence-corrected chi connectivity index (χ0v) is 19.5. The summed E-state index contributed by atoms with van der Waals surface area (Å²) in [4.78, 5) is 32.2. The van der Waals surface area contributed by atoms with Gasteiger partial charge in [0.15, 0.2) is 11.3 Å². The quantitative estimate of drug-likeness (QED) is 0.290. The number of nitrogens with two attached hydrogens (primary N) is 1. The largest absolute Gasteiger partial charge is 0.464 e. The predicted molar refractivity (Wildman–Crippen MR) is 122 cm³/mol. The Morgan fingerprint density at radius 3 is 2.42 bits per heavy atom. The third kappa shape index (κ3) is 4.31. The highest BCUT2D eigenvalue weighted by molar-refractivity contribution is 7.21. The molecule has 0 bridgehead atoms. The van der Waals surface area contributed by atoms with E-state index in [9.17, 15) is 35.9 Å². The Labute approximate surface area is 210 Å². The molecule has 0 saturated heterocycles. The second kappa shape index (κ2) is 8.54. The summed E-state index contributed by atoms with van der Waals surface area (Å²) < 4.78 is 86.8. The Balaban J connectivity index is 1.68. The molecule has 0 aliphatic rings. The van der Waals surface area contributed by atoms with Crippen molar-refractivity contribution in [1.29, 1.82) is 0 Å². The average Bonchev–Trinajstić information content (AvgIpc) is 3.55. The van der Waals surface area contributed by atoms with Crippen LogP contribution in [0, 0.1) is 6.92 Å². The second-order valence-corrected chi connectivity index (χ2v) is 8.91. The van der Waals surface area contributed by atoms with Crippen LogP contribution in [0.25, 0.3) is 27.2 Å². The number of carbonyl (C=O) groups is 2. The van der Waals surface area contributed by atoms with Gasteiger partial charge in [-0.1, -0.05) is 0 Å². The van der Waals surface area contributed by atoms with Gasteiger partial charge in [0.05, 0.1) is 12.0 Å². The van der Waals surface area contributed by atoms with Gasteiger partial charge in [0.2, 0.25) is 0 Å². The molecule has 2 amide bonds. The second-order valence-electron chi connectivity index (χ2n) is 7.91. The Hall–Kier alpha value is -4.47. The van der Waals surface area contributed by atoms with Gasteiger partial charge in [-0.05, 0) is 31.2 Å². The standard InChI is InChI=1S/C22H12F6N6O3S/c1-8-5-13(22(26,27)28)34-14(30-8)7-10(33-34)19(36)32-16-15-9(11-3-2-4-37-11)6-12(21(23,24)25)31-20(15)38-17(16)18(29)35/h2-7H,1H3,(H2,29,35)(H,32,36). The SMILES string of the molecule is Cc1cc(C(F)(F)F)n2nc(C(=O)Nc3c(C(N)=O)sc4nc(C(F)(F)F)cc(-c5ccco5)c34)cc2n1. The summed E-state index contributed by atoms with van der Waals surface area (Å²) in [5, 5.41) is 5.96. The number of fused-ring (bicyclic) bond motifs is 2. The van der Waals surface area contributed by atoms with E-state index < -0.39 is 41.2 Å². The van der Waals surface area contributed by atoms with Crippen LogP contribution in [-0.2, 0) is 12.4 Å². The number of alkyl halides is 6. The first-order chi connectivity index (χ1) is 17.7. The number of nitrogens with one attached hydrogen (secondary N) is 1. The number of carbonyl (C=O) groups excluding carboxylic acids is 2. The fourth-order valence-corrected chi connectivity index (χ4v) is 4.76. The molecular weight excluding hydrogens is 542 g/mol. The minimum absolute atomic E-state index is 0.0196. The molecule has 5 aromatic heterocycles. The fourth-order valence-electron chi connectivity index (χ4n) is 3.75. The fraction of sp³-hybridized carbons (Fsp3) is 0.136. The molecule has 3 N–H and O–H groups in total. The number of amides is 2. The van der Waals surface area contributed by atoms with E-state index in [-0.39, 0.29) is 43.4 Å². The Bertz CT molecular complexity index is 1740. The normalized spacial score (nSPS) is 12.4. The van der Waals surface area contributed by atoms with Crippen molar-refractivity contribution >= 4 is 44.7 Å². The number of pyridine rings is 1. The molecule has 196 valence electrons. The Morgan fingerprint density at radius 2 is 1.82 bits per heavy atom. The van der Waals surface area contributed by atoms with E-state index in [0.717, 1.165) is 12.1 Å². The van der Waals surface area contributed by atoms with E-state index in [1.54, 1.807) is 0 Å². The maximum absolute atomic E-state index is 13.5. The van der Waals surface area contributed by atoms with Crippen molar-refractivity contribution in [3.8, 4) is 11.3 Å². The van der Waals surface area contributed by atoms with Crippen molar-refractivity contribution in [2.75, 3.05) is 5.32 Å². The number of thiophene rings is 1. The average molecular weight is 554 g/mol. The number of aryl methyl sites for hydroxylation is 1. The lowest BCUT2D eigenvalue weighted by molar-refractivity contribution is -0.143. The summed E-state index contributed by atoms with van der Waals surface area (Å²) in [5.74, 6) is -2.20. The lowest BCUT2D eigenvalue weighted by Crippen LogP contribution is -2.18. The van der Waals surface area contributed by atoms with Gasteiger partial charge in [-0.3, -0.25) is 9.59 Å². The molecule has 38 heavy (non-hydrogen) atoms. The van der Waals surface area contributed by atoms with Gasteiger partial charge < -0.3 is 15.5 Å². The lowest BCUT2D eigenvalue weighted by Gasteiger charge is -2.10. The number of anilines is 1. The molecule has 0 atom stereocenters. The molecule has 0 aromatic carbocycles. The molecule has 0 radical (unpaired) electrons. The van der Waals surface area contributed by atoms with Gasteiger partial charge in [-0.2, -0.15) is 31.4 Å². The predicted octanol–water partition coefficient (Wildman–Crippen LogP) is 5.30. The Morgan fingerprint density at radius 1 is 1.08 bits per heavy atom. The molecule has 0 unspecified atom stereocenters. The maximum atomic E-state index is 13.5. The highest BCUT2D eigenvalue weighted by atomic mass is 32.1. The van der Waals surface area contributed by atoms with Gasteiger partial charge in [0.1, 0.15) is 26.9 Å². The van der Waals surface area contributed by atoms with E-state index >= 15 is 0 Å². The summed E-state index contributed by atoms with van der Waals surface area (Å²) in [5.41, 5.74) is 1.74. The van der Waals surface area contributed by atoms with Crippen LogP contribution in [0.2, 0.25) is 0 Å². The lowest BCUT2D eigenvalue weighted by atomic mass is 10.1. The van der Waals surface area contributed by atoms with Crippen molar-refractivity contribution < 1.29 is 40.3 Å². The number of primary amides is 1. The minimum atomic E-state index is -4.85. The molecule has 5 heterocycles. The molecular formula is C22H12F6N6O3S. The van der Waals surface area contributed by atoms with E-state index in [2.05, 4.69) is 20.4 Å². The summed E-state index contributed by atoms with van der Waals surface area (Å²) >= 11 is 0.495. The van der Waals surface area contributed by atoms with Crippen LogP contribution >= 0.6 is 11.3 Å². The molecule has 0 saturated carbocycles. The monoisotopic (exact) mass is 554 g/mol. The van der Waals surface area contributed by atoms with Crippen LogP contribution in [0.1, 0.15) is 37.2 Å². The number of hydrogen-bond donors (Lipinski definition) is 2. The van der Waals surface area contributed by atoms with Crippen LogP contribution in [0.4, 0.5) is 32.0 Å². The van der Waals surface area contributed by atoms with E-state index in [1.807, 2.05) is 0 Å². The number of nitrogens with zero attached hydrogens (tertiary/aromatic N) is 4. The van der Waals surface area contributed by atoms with Gasteiger partial charge in [0.25, 0.3) is 11.8 Å². The molecule has 5 aromatic rings. The van der Waals surface area contributed by atoms with Gasteiger partial charge in [0, 0.05) is 22.7 Å². The first kappa shape index (κ1) is 25.2. The van der Waals surface area contributed by atoms with Crippen molar-refractivity contribution in [2.24, 2.45) is 5.73 Å². The van der Waals surface area contributed by atoms with Crippen LogP contribution in [0.5, 0.6) is 0 Å². The maximum Gasteiger partial charge on any atom is 0.433 e. The van der Waals surface area contributed by atoms with Crippen LogP contribution in [-0.4, -0.2) is 31.4 Å². The first-order valence-electron chi connectivity index (χ1n) is 10.4. The van der Waals surface area contributed by atoms with Crippen molar-refractivity contribution in [2.45, 2.75) is 19.3 Å². The third-order valence-electron chi connectivity index (χ3n) is 5.28. The number of halogens is 6. The van der Waals surface area contributed by atoms with Gasteiger partial charge in [-0.25, -0.2) is 14.5 Å². The summed E-state index contributed by atoms with van der Waals surface area (Å²) in [6.07, 6.45) is -8.46. The molecule has 9 nitrogen and oxygen atoms in total. The molecule has 0 spiro atoms. The number of hydrogen-bond acceptors (Lipinski definition) is 7. The van der Waals surface area contributed by atoms with E-state index in [0.29, 0.717) is 21.9 Å². The van der Waals surface area contributed by atoms with E-state index in [4.69, 9.17) is 10.2 Å². The van der Waals surface area contributed by atoms with Gasteiger partial charge >= 0.3 is 12.4 Å². The first-order valence-corrected chi connectivity index (χ1v) is 11.2. The topological polar surface area (TPSA) is 128 Å². The molecule has 0 aliphatic heterocycles. The molecule has 16 heteroatoms. The number of rotatable bonds is 4. The summed E-state index contributed by atoms with van der Waals surface area (Å²) in [6.45, 7) is 1.33. The van der Waals surface area contributed by atoms with Crippen LogP contribution < -0.4 is 11.1 Å². The van der Waals surface area contributed by atoms with Crippen molar-refractivity contribution in [3.63, 3.8) is 0 Å². The smallest absolute Gasteiger partial charge is 0.433 e. The zero-order valence-electron chi connectivity index (χ0n) is 18.7. The number of aromatic nitrogens is 4. The van der Waals surface area contributed by atoms with Gasteiger partial charge in [-0.15, -0.1) is 11.3 Å². The van der Waals surface area contributed by atoms with Crippen molar-refractivity contribution in [3.05, 3.63) is 64.2 Å². The highest BCUT2D eigenvalue weighted by Gasteiger charge is 2.37. The van der Waals surface area contributed by atoms with Crippen LogP contribution in [0.3, 0.4) is 0 Å². The number of furan rings is 1. The summed E-state index contributed by atoms with van der Waals surface area (Å²) in [6, 6.07) is 5.19. The Kier molecular flexibility index (Phi) is 5.66. The molecule has 0 aliphatic carbocycles. The summed E-state index contributed by atoms with van der Waals surface area (Å²) in [7, 11) is 0. The molecule has 5 rings (SSSR count). The zero-order chi connectivity index (χ0) is 27.6. The van der Waals surface area contributed by atoms with E-state index in [1.165, 1.54) is 25.3 Å².